The van der Waals surface area contributed by atoms with Gasteiger partial charge in [0.25, 0.3) is 5.91 Å². The molecule has 0 bridgehead atoms. The van der Waals surface area contributed by atoms with Gasteiger partial charge in [0.1, 0.15) is 5.75 Å². The summed E-state index contributed by atoms with van der Waals surface area (Å²) >= 11 is 0. The monoisotopic (exact) mass is 284 g/mol. The maximum absolute atomic E-state index is 12.5. The molecule has 2 N–H and O–H groups in total. The van der Waals surface area contributed by atoms with Crippen LogP contribution in [-0.2, 0) is 0 Å². The van der Waals surface area contributed by atoms with Gasteiger partial charge in [0.2, 0.25) is 0 Å². The second-order valence-electron chi connectivity index (χ2n) is 4.84. The fourth-order valence-electron chi connectivity index (χ4n) is 1.98. The number of carbonyl (C=O) groups is 1. The molecule has 2 rings (SSSR count). The van der Waals surface area contributed by atoms with Crippen molar-refractivity contribution in [2.75, 3.05) is 24.3 Å². The number of anilines is 2. The molecule has 2 aromatic rings. The number of ether oxygens (including phenoxy) is 1. The predicted molar refractivity (Wildman–Crippen MR) is 85.8 cm³/mol. The van der Waals surface area contributed by atoms with Crippen LogP contribution in [-0.4, -0.2) is 19.6 Å². The maximum Gasteiger partial charge on any atom is 0.258 e. The molecule has 110 valence electrons. The Morgan fingerprint density at radius 1 is 1.19 bits per heavy atom. The van der Waals surface area contributed by atoms with Gasteiger partial charge in [-0.2, -0.15) is 0 Å². The Kier molecular flexibility index (Phi) is 4.82. The number of amides is 1. The molecule has 0 fully saturated rings. The minimum atomic E-state index is -0.0949. The second kappa shape index (κ2) is 6.79. The van der Waals surface area contributed by atoms with Gasteiger partial charge >= 0.3 is 0 Å². The first-order valence-corrected chi connectivity index (χ1v) is 6.98. The lowest BCUT2D eigenvalue weighted by atomic mass is 10.1. The number of hydrogen-bond donors (Lipinski definition) is 1. The third-order valence-corrected chi connectivity index (χ3v) is 3.12. The summed E-state index contributed by atoms with van der Waals surface area (Å²) in [6.07, 6.45) is 0.932. The van der Waals surface area contributed by atoms with Crippen LogP contribution in [0.2, 0.25) is 0 Å². The van der Waals surface area contributed by atoms with E-state index in [0.717, 1.165) is 12.1 Å². The molecule has 21 heavy (non-hydrogen) atoms. The van der Waals surface area contributed by atoms with Crippen LogP contribution in [0.25, 0.3) is 0 Å². The van der Waals surface area contributed by atoms with E-state index >= 15 is 0 Å². The Hall–Kier alpha value is -2.49. The molecule has 0 radical (unpaired) electrons. The largest absolute Gasteiger partial charge is 0.494 e. The molecule has 1 amide bonds. The van der Waals surface area contributed by atoms with Crippen molar-refractivity contribution in [2.24, 2.45) is 0 Å². The highest BCUT2D eigenvalue weighted by Crippen LogP contribution is 2.20. The molecule has 4 nitrogen and oxygen atoms in total. The lowest BCUT2D eigenvalue weighted by Crippen LogP contribution is -2.26. The molecule has 0 atom stereocenters. The van der Waals surface area contributed by atoms with Gasteiger partial charge in [-0.1, -0.05) is 19.1 Å². The number of benzene rings is 2. The molecule has 2 aromatic carbocycles. The molecule has 0 aliphatic heterocycles. The van der Waals surface area contributed by atoms with Gasteiger partial charge < -0.3 is 15.4 Å². The number of rotatable bonds is 5. The van der Waals surface area contributed by atoms with Crippen molar-refractivity contribution >= 4 is 17.3 Å². The number of nitrogens with zero attached hydrogens (tertiary/aromatic N) is 1. The lowest BCUT2D eigenvalue weighted by Gasteiger charge is -2.18. The van der Waals surface area contributed by atoms with Crippen LogP contribution in [0, 0.1) is 0 Å². The minimum absolute atomic E-state index is 0.0949. The Balaban J connectivity index is 2.19. The van der Waals surface area contributed by atoms with Crippen molar-refractivity contribution in [1.29, 1.82) is 0 Å². The Bertz CT molecular complexity index is 626. The average Bonchev–Trinajstić information content (AvgIpc) is 2.51. The predicted octanol–water partition coefficient (Wildman–Crippen LogP) is 3.33. The van der Waals surface area contributed by atoms with E-state index in [1.807, 2.05) is 31.2 Å². The van der Waals surface area contributed by atoms with Crippen LogP contribution in [0.5, 0.6) is 5.75 Å². The summed E-state index contributed by atoms with van der Waals surface area (Å²) in [5.41, 5.74) is 7.74. The smallest absolute Gasteiger partial charge is 0.258 e. The molecule has 0 aliphatic carbocycles. The zero-order valence-electron chi connectivity index (χ0n) is 12.4. The van der Waals surface area contributed by atoms with E-state index in [1.54, 1.807) is 36.2 Å². The topological polar surface area (TPSA) is 55.6 Å². The third kappa shape index (κ3) is 3.75. The van der Waals surface area contributed by atoms with E-state index in [2.05, 4.69) is 0 Å². The van der Waals surface area contributed by atoms with E-state index in [-0.39, 0.29) is 5.91 Å². The van der Waals surface area contributed by atoms with Crippen LogP contribution < -0.4 is 15.4 Å². The Morgan fingerprint density at radius 2 is 1.95 bits per heavy atom. The minimum Gasteiger partial charge on any atom is -0.494 e. The van der Waals surface area contributed by atoms with Crippen molar-refractivity contribution in [3.8, 4) is 5.75 Å². The average molecular weight is 284 g/mol. The SMILES string of the molecule is CCCOc1cccc(C(=O)N(C)c2cccc(N)c2)c1. The quantitative estimate of drug-likeness (QED) is 0.857. The van der Waals surface area contributed by atoms with Crippen LogP contribution in [0.1, 0.15) is 23.7 Å². The summed E-state index contributed by atoms with van der Waals surface area (Å²) in [5, 5.41) is 0. The number of hydrogen-bond acceptors (Lipinski definition) is 3. The van der Waals surface area contributed by atoms with Gasteiger partial charge in [0.05, 0.1) is 6.61 Å². The van der Waals surface area contributed by atoms with Gasteiger partial charge in [-0.15, -0.1) is 0 Å². The highest BCUT2D eigenvalue weighted by atomic mass is 16.5. The standard InChI is InChI=1S/C17H20N2O2/c1-3-10-21-16-9-4-6-13(11-16)17(20)19(2)15-8-5-7-14(18)12-15/h4-9,11-12H,3,10,18H2,1-2H3. The van der Waals surface area contributed by atoms with Crippen LogP contribution in [0.15, 0.2) is 48.5 Å². The van der Waals surface area contributed by atoms with Gasteiger partial charge in [0, 0.05) is 24.0 Å². The summed E-state index contributed by atoms with van der Waals surface area (Å²) in [6.45, 7) is 2.69. The van der Waals surface area contributed by atoms with Gasteiger partial charge in [-0.3, -0.25) is 4.79 Å². The van der Waals surface area contributed by atoms with Crippen LogP contribution >= 0.6 is 0 Å². The second-order valence-corrected chi connectivity index (χ2v) is 4.84. The van der Waals surface area contributed by atoms with Crippen molar-refractivity contribution in [3.05, 3.63) is 54.1 Å². The number of carbonyl (C=O) groups excluding carboxylic acids is 1. The summed E-state index contributed by atoms with van der Waals surface area (Å²) in [4.78, 5) is 14.1. The zero-order chi connectivity index (χ0) is 15.2. The molecule has 0 spiro atoms. The van der Waals surface area contributed by atoms with Crippen molar-refractivity contribution in [2.45, 2.75) is 13.3 Å². The van der Waals surface area contributed by atoms with E-state index in [1.165, 1.54) is 0 Å². The van der Waals surface area contributed by atoms with Crippen molar-refractivity contribution < 1.29 is 9.53 Å². The number of nitrogen functional groups attached to an aromatic ring is 1. The first kappa shape index (κ1) is 14.9. The highest BCUT2D eigenvalue weighted by molar-refractivity contribution is 6.06. The number of nitrogens with two attached hydrogens (primary N) is 1. The van der Waals surface area contributed by atoms with Crippen LogP contribution in [0.4, 0.5) is 11.4 Å². The fourth-order valence-corrected chi connectivity index (χ4v) is 1.98. The van der Waals surface area contributed by atoms with Crippen molar-refractivity contribution in [3.63, 3.8) is 0 Å². The van der Waals surface area contributed by atoms with Gasteiger partial charge in [-0.25, -0.2) is 0 Å². The van der Waals surface area contributed by atoms with E-state index in [0.29, 0.717) is 23.6 Å². The zero-order valence-corrected chi connectivity index (χ0v) is 12.4. The molecule has 0 saturated heterocycles. The summed E-state index contributed by atoms with van der Waals surface area (Å²) in [5.74, 6) is 0.617. The molecular weight excluding hydrogens is 264 g/mol. The maximum atomic E-state index is 12.5. The molecule has 0 aliphatic rings. The molecule has 0 unspecified atom stereocenters. The highest BCUT2D eigenvalue weighted by Gasteiger charge is 2.14. The van der Waals surface area contributed by atoms with Crippen LogP contribution in [0.3, 0.4) is 0 Å². The molecule has 0 aromatic heterocycles. The first-order valence-electron chi connectivity index (χ1n) is 6.98. The first-order chi connectivity index (χ1) is 10.1. The Morgan fingerprint density at radius 3 is 2.67 bits per heavy atom. The molecule has 0 heterocycles. The Labute approximate surface area is 125 Å². The third-order valence-electron chi connectivity index (χ3n) is 3.12. The molecule has 0 saturated carbocycles. The molecular formula is C17H20N2O2. The summed E-state index contributed by atoms with van der Waals surface area (Å²) < 4.78 is 5.56. The van der Waals surface area contributed by atoms with E-state index in [9.17, 15) is 4.79 Å². The van der Waals surface area contributed by atoms with E-state index in [4.69, 9.17) is 10.5 Å². The fraction of sp³-hybridized carbons (Fsp3) is 0.235. The van der Waals surface area contributed by atoms with Gasteiger partial charge in [-0.05, 0) is 42.8 Å². The van der Waals surface area contributed by atoms with E-state index < -0.39 is 0 Å². The summed E-state index contributed by atoms with van der Waals surface area (Å²) in [7, 11) is 1.73. The van der Waals surface area contributed by atoms with Gasteiger partial charge in [0.15, 0.2) is 0 Å². The summed E-state index contributed by atoms with van der Waals surface area (Å²) in [6, 6.07) is 14.5. The van der Waals surface area contributed by atoms with Crippen molar-refractivity contribution in [1.82, 2.24) is 0 Å². The lowest BCUT2D eigenvalue weighted by molar-refractivity contribution is 0.0992. The molecule has 4 heteroatoms. The normalized spacial score (nSPS) is 10.2.